The van der Waals surface area contributed by atoms with E-state index in [-0.39, 0.29) is 5.91 Å². The van der Waals surface area contributed by atoms with Gasteiger partial charge in [-0.3, -0.25) is 4.79 Å². The highest BCUT2D eigenvalue weighted by atomic mass is 16.1. The van der Waals surface area contributed by atoms with E-state index in [1.807, 2.05) is 48.7 Å². The second-order valence-corrected chi connectivity index (χ2v) is 7.07. The molecule has 0 fully saturated rings. The average Bonchev–Trinajstić information content (AvgIpc) is 3.13. The largest absolute Gasteiger partial charge is 0.361 e. The fourth-order valence-electron chi connectivity index (χ4n) is 3.55. The number of H-pyrrole nitrogens is 1. The van der Waals surface area contributed by atoms with Crippen molar-refractivity contribution in [3.63, 3.8) is 0 Å². The number of amides is 1. The van der Waals surface area contributed by atoms with Gasteiger partial charge in [0.25, 0.3) is 0 Å². The van der Waals surface area contributed by atoms with E-state index in [0.29, 0.717) is 12.1 Å². The lowest BCUT2D eigenvalue weighted by molar-refractivity contribution is -0.115. The molecule has 0 saturated carbocycles. The van der Waals surface area contributed by atoms with Crippen molar-refractivity contribution < 1.29 is 4.79 Å². The fourth-order valence-corrected chi connectivity index (χ4v) is 3.55. The van der Waals surface area contributed by atoms with Crippen LogP contribution in [0.25, 0.3) is 10.9 Å². The van der Waals surface area contributed by atoms with Gasteiger partial charge in [-0.05, 0) is 55.3 Å². The molecule has 29 heavy (non-hydrogen) atoms. The number of rotatable bonds is 6. The lowest BCUT2D eigenvalue weighted by atomic mass is 10.1. The van der Waals surface area contributed by atoms with Gasteiger partial charge in [0, 0.05) is 29.3 Å². The summed E-state index contributed by atoms with van der Waals surface area (Å²) in [7, 11) is 0. The first-order valence-electron chi connectivity index (χ1n) is 9.79. The number of aromatic nitrogens is 2. The summed E-state index contributed by atoms with van der Waals surface area (Å²) in [6.07, 6.45) is 3.92. The molecule has 0 aliphatic carbocycles. The molecule has 4 rings (SSSR count). The maximum Gasteiger partial charge on any atom is 0.228 e. The first-order chi connectivity index (χ1) is 14.1. The summed E-state index contributed by atoms with van der Waals surface area (Å²) in [5, 5.41) is 4.02. The van der Waals surface area contributed by atoms with Crippen molar-refractivity contribution in [2.24, 2.45) is 0 Å². The minimum Gasteiger partial charge on any atom is -0.361 e. The molecule has 0 aliphatic rings. The molecule has 0 radical (unpaired) electrons. The lowest BCUT2D eigenvalue weighted by Gasteiger charge is -2.22. The highest BCUT2D eigenvalue weighted by Crippen LogP contribution is 2.25. The third-order valence-electron chi connectivity index (χ3n) is 4.96. The lowest BCUT2D eigenvalue weighted by Crippen LogP contribution is -2.18. The van der Waals surface area contributed by atoms with E-state index in [0.717, 1.165) is 34.5 Å². The molecule has 2 N–H and O–H groups in total. The van der Waals surface area contributed by atoms with E-state index in [1.165, 1.54) is 5.56 Å². The van der Waals surface area contributed by atoms with Crippen molar-refractivity contribution in [1.82, 2.24) is 9.97 Å². The number of carbonyl (C=O) groups excluding carboxylic acids is 1. The van der Waals surface area contributed by atoms with Crippen LogP contribution in [0.15, 0.2) is 73.1 Å². The van der Waals surface area contributed by atoms with Gasteiger partial charge in [-0.15, -0.1) is 0 Å². The summed E-state index contributed by atoms with van der Waals surface area (Å²) in [4.78, 5) is 22.4. The van der Waals surface area contributed by atoms with Crippen molar-refractivity contribution in [3.8, 4) is 0 Å². The predicted molar refractivity (Wildman–Crippen MR) is 119 cm³/mol. The average molecular weight is 384 g/mol. The topological polar surface area (TPSA) is 61.0 Å². The zero-order valence-corrected chi connectivity index (χ0v) is 16.6. The summed E-state index contributed by atoms with van der Waals surface area (Å²) < 4.78 is 0. The van der Waals surface area contributed by atoms with Gasteiger partial charge in [0.05, 0.1) is 18.3 Å². The van der Waals surface area contributed by atoms with Crippen LogP contribution < -0.4 is 10.2 Å². The third kappa shape index (κ3) is 4.14. The Hall–Kier alpha value is -3.60. The Bertz CT molecular complexity index is 1130. The predicted octanol–water partition coefficient (Wildman–Crippen LogP) is 5.21. The summed E-state index contributed by atoms with van der Waals surface area (Å²) in [6.45, 7) is 4.99. The normalized spacial score (nSPS) is 10.8. The Morgan fingerprint density at radius 3 is 2.72 bits per heavy atom. The van der Waals surface area contributed by atoms with Gasteiger partial charge in [0.15, 0.2) is 0 Å². The monoisotopic (exact) mass is 384 g/mol. The van der Waals surface area contributed by atoms with Crippen LogP contribution >= 0.6 is 0 Å². The molecule has 0 spiro atoms. The van der Waals surface area contributed by atoms with Crippen LogP contribution in [0.1, 0.15) is 18.1 Å². The van der Waals surface area contributed by atoms with Crippen molar-refractivity contribution in [2.45, 2.75) is 20.3 Å². The third-order valence-corrected chi connectivity index (χ3v) is 4.96. The van der Waals surface area contributed by atoms with Crippen molar-refractivity contribution in [3.05, 3.63) is 84.2 Å². The Morgan fingerprint density at radius 1 is 1.10 bits per heavy atom. The Balaban J connectivity index is 1.45. The van der Waals surface area contributed by atoms with Gasteiger partial charge in [0.1, 0.15) is 5.82 Å². The van der Waals surface area contributed by atoms with E-state index in [9.17, 15) is 4.79 Å². The summed E-state index contributed by atoms with van der Waals surface area (Å²) >= 11 is 0. The first kappa shape index (κ1) is 18.7. The number of fused-ring (bicyclic) bond motifs is 1. The van der Waals surface area contributed by atoms with Gasteiger partial charge >= 0.3 is 0 Å². The molecular weight excluding hydrogens is 360 g/mol. The maximum atomic E-state index is 12.5. The zero-order chi connectivity index (χ0) is 20.2. The minimum absolute atomic E-state index is 0.0599. The van der Waals surface area contributed by atoms with Crippen LogP contribution in [0.4, 0.5) is 17.2 Å². The number of anilines is 3. The van der Waals surface area contributed by atoms with Crippen LogP contribution in [0.3, 0.4) is 0 Å². The molecule has 5 nitrogen and oxygen atoms in total. The van der Waals surface area contributed by atoms with Crippen LogP contribution in [-0.4, -0.2) is 22.4 Å². The molecule has 2 heterocycles. The van der Waals surface area contributed by atoms with Crippen molar-refractivity contribution in [2.75, 3.05) is 16.8 Å². The van der Waals surface area contributed by atoms with Gasteiger partial charge in [-0.25, -0.2) is 4.98 Å². The van der Waals surface area contributed by atoms with Crippen LogP contribution in [0.2, 0.25) is 0 Å². The molecule has 146 valence electrons. The van der Waals surface area contributed by atoms with Gasteiger partial charge < -0.3 is 15.2 Å². The molecule has 2 aromatic heterocycles. The molecule has 0 saturated heterocycles. The number of benzene rings is 2. The SMILES string of the molecule is CCN(c1cccc(C)c1)c1ccc(NC(=O)Cc2c[nH]c3ccccc23)cn1. The molecule has 4 aromatic rings. The van der Waals surface area contributed by atoms with E-state index in [2.05, 4.69) is 52.2 Å². The van der Waals surface area contributed by atoms with E-state index >= 15 is 0 Å². The Kier molecular flexibility index (Phi) is 5.29. The highest BCUT2D eigenvalue weighted by molar-refractivity contribution is 5.95. The molecule has 2 aromatic carbocycles. The highest BCUT2D eigenvalue weighted by Gasteiger charge is 2.11. The van der Waals surface area contributed by atoms with Crippen molar-refractivity contribution in [1.29, 1.82) is 0 Å². The van der Waals surface area contributed by atoms with E-state index in [4.69, 9.17) is 0 Å². The standard InChI is InChI=1S/C24H24N4O/c1-3-28(20-8-6-7-17(2)13-20)23-12-11-19(16-26-23)27-24(29)14-18-15-25-22-10-5-4-9-21(18)22/h4-13,15-16,25H,3,14H2,1-2H3,(H,27,29). The number of hydrogen-bond acceptors (Lipinski definition) is 3. The summed E-state index contributed by atoms with van der Waals surface area (Å²) in [5.74, 6) is 0.795. The molecule has 1 amide bonds. The molecule has 0 aliphatic heterocycles. The number of nitrogens with zero attached hydrogens (tertiary/aromatic N) is 2. The van der Waals surface area contributed by atoms with E-state index in [1.54, 1.807) is 6.20 Å². The quantitative estimate of drug-likeness (QED) is 0.480. The number of aromatic amines is 1. The van der Waals surface area contributed by atoms with Crippen LogP contribution in [0, 0.1) is 6.92 Å². The zero-order valence-electron chi connectivity index (χ0n) is 16.6. The molecule has 0 atom stereocenters. The second kappa shape index (κ2) is 8.19. The molecule has 0 bridgehead atoms. The van der Waals surface area contributed by atoms with Crippen LogP contribution in [0.5, 0.6) is 0 Å². The number of aryl methyl sites for hydroxylation is 1. The van der Waals surface area contributed by atoms with Gasteiger partial charge in [0.2, 0.25) is 5.91 Å². The second-order valence-electron chi connectivity index (χ2n) is 7.07. The van der Waals surface area contributed by atoms with Crippen LogP contribution in [-0.2, 0) is 11.2 Å². The minimum atomic E-state index is -0.0599. The first-order valence-corrected chi connectivity index (χ1v) is 9.79. The summed E-state index contributed by atoms with van der Waals surface area (Å²) in [5.41, 5.74) is 5.04. The number of nitrogens with one attached hydrogen (secondary N) is 2. The summed E-state index contributed by atoms with van der Waals surface area (Å²) in [6, 6.07) is 20.2. The molecule has 0 unspecified atom stereocenters. The van der Waals surface area contributed by atoms with Crippen molar-refractivity contribution >= 4 is 34.0 Å². The van der Waals surface area contributed by atoms with E-state index < -0.39 is 0 Å². The number of carbonyl (C=O) groups is 1. The van der Waals surface area contributed by atoms with Gasteiger partial charge in [-0.1, -0.05) is 30.3 Å². The Morgan fingerprint density at radius 2 is 1.97 bits per heavy atom. The number of para-hydroxylation sites is 1. The molecular formula is C24H24N4O. The number of pyridine rings is 1. The fraction of sp³-hybridized carbons (Fsp3) is 0.167. The number of hydrogen-bond donors (Lipinski definition) is 2. The molecule has 5 heteroatoms. The Labute approximate surface area is 170 Å². The van der Waals surface area contributed by atoms with Gasteiger partial charge in [-0.2, -0.15) is 0 Å². The smallest absolute Gasteiger partial charge is 0.228 e. The maximum absolute atomic E-state index is 12.5.